The topological polar surface area (TPSA) is 49.7 Å². The number of thiophene rings is 1. The predicted molar refractivity (Wildman–Crippen MR) is 97.2 cm³/mol. The molecule has 0 bridgehead atoms. The van der Waals surface area contributed by atoms with Crippen LogP contribution in [-0.2, 0) is 4.74 Å². The van der Waals surface area contributed by atoms with Gasteiger partial charge in [0.1, 0.15) is 0 Å². The third kappa shape index (κ3) is 2.98. The average molecular weight is 340 g/mol. The van der Waals surface area contributed by atoms with Crippen molar-refractivity contribution in [1.29, 1.82) is 0 Å². The van der Waals surface area contributed by atoms with E-state index in [1.54, 1.807) is 11.3 Å². The van der Waals surface area contributed by atoms with E-state index in [9.17, 15) is 10.2 Å². The number of ether oxygens (including phenoxy) is 1. The van der Waals surface area contributed by atoms with E-state index in [1.807, 2.05) is 12.1 Å². The summed E-state index contributed by atoms with van der Waals surface area (Å²) >= 11 is 1.75. The first kappa shape index (κ1) is 15.8. The van der Waals surface area contributed by atoms with Gasteiger partial charge in [-0.15, -0.1) is 11.3 Å². The molecular weight excluding hydrogens is 320 g/mol. The van der Waals surface area contributed by atoms with Crippen LogP contribution in [0.1, 0.15) is 24.5 Å². The molecule has 0 saturated carbocycles. The van der Waals surface area contributed by atoms with Crippen LogP contribution in [0.15, 0.2) is 53.9 Å². The molecular formula is C20H20O3S. The molecule has 2 unspecified atom stereocenters. The van der Waals surface area contributed by atoms with Crippen molar-refractivity contribution in [2.24, 2.45) is 0 Å². The number of hydrogen-bond acceptors (Lipinski definition) is 4. The van der Waals surface area contributed by atoms with E-state index in [4.69, 9.17) is 4.74 Å². The van der Waals surface area contributed by atoms with Crippen LogP contribution >= 0.6 is 11.3 Å². The second-order valence-electron chi connectivity index (χ2n) is 6.33. The normalized spacial score (nSPS) is 24.3. The van der Waals surface area contributed by atoms with Crippen LogP contribution in [0.4, 0.5) is 0 Å². The Hall–Kier alpha value is -1.72. The summed E-state index contributed by atoms with van der Waals surface area (Å²) in [6.07, 6.45) is 0.193. The first-order valence-electron chi connectivity index (χ1n) is 8.25. The van der Waals surface area contributed by atoms with Crippen LogP contribution < -0.4 is 0 Å². The summed E-state index contributed by atoms with van der Waals surface area (Å²) in [5.74, 6) is 0. The highest BCUT2D eigenvalue weighted by atomic mass is 32.1. The van der Waals surface area contributed by atoms with E-state index >= 15 is 0 Å². The molecule has 0 amide bonds. The largest absolute Gasteiger partial charge is 0.394 e. The Balaban J connectivity index is 1.69. The van der Waals surface area contributed by atoms with E-state index in [1.165, 1.54) is 15.6 Å². The number of rotatable bonds is 3. The highest BCUT2D eigenvalue weighted by Crippen LogP contribution is 2.37. The first-order valence-corrected chi connectivity index (χ1v) is 9.13. The summed E-state index contributed by atoms with van der Waals surface area (Å²) in [5.41, 5.74) is 3.45. The second-order valence-corrected chi connectivity index (χ2v) is 7.24. The summed E-state index contributed by atoms with van der Waals surface area (Å²) in [7, 11) is 0. The maximum Gasteiger partial charge on any atom is 0.0854 e. The van der Waals surface area contributed by atoms with Crippen LogP contribution in [0, 0.1) is 0 Å². The zero-order chi connectivity index (χ0) is 16.5. The maximum atomic E-state index is 10.0. The molecule has 0 radical (unpaired) electrons. The Bertz CT molecular complexity index is 842. The lowest BCUT2D eigenvalue weighted by Gasteiger charge is -2.32. The lowest BCUT2D eigenvalue weighted by molar-refractivity contribution is -0.113. The molecule has 2 heterocycles. The van der Waals surface area contributed by atoms with Crippen LogP contribution in [0.5, 0.6) is 0 Å². The monoisotopic (exact) mass is 340 g/mol. The van der Waals surface area contributed by atoms with E-state index < -0.39 is 6.10 Å². The molecule has 3 atom stereocenters. The molecule has 1 aliphatic heterocycles. The number of fused-ring (bicyclic) bond motifs is 1. The summed E-state index contributed by atoms with van der Waals surface area (Å²) in [6.45, 7) is -0.0532. The molecule has 0 aliphatic carbocycles. The highest BCUT2D eigenvalue weighted by molar-refractivity contribution is 7.17. The first-order chi connectivity index (χ1) is 11.7. The molecule has 24 heavy (non-hydrogen) atoms. The molecule has 2 N–H and O–H groups in total. The minimum atomic E-state index is -0.425. The second kappa shape index (κ2) is 6.65. The summed E-state index contributed by atoms with van der Waals surface area (Å²) in [5, 5.41) is 22.9. The molecule has 3 aromatic rings. The van der Waals surface area contributed by atoms with Crippen LogP contribution in [-0.4, -0.2) is 29.0 Å². The fourth-order valence-corrected chi connectivity index (χ4v) is 4.40. The van der Waals surface area contributed by atoms with Gasteiger partial charge in [0.25, 0.3) is 0 Å². The Morgan fingerprint density at radius 1 is 1.08 bits per heavy atom. The van der Waals surface area contributed by atoms with E-state index in [0.29, 0.717) is 12.8 Å². The van der Waals surface area contributed by atoms with Crippen molar-refractivity contribution < 1.29 is 14.9 Å². The summed E-state index contributed by atoms with van der Waals surface area (Å²) in [4.78, 5) is 0. The van der Waals surface area contributed by atoms with Gasteiger partial charge in [0.2, 0.25) is 0 Å². The van der Waals surface area contributed by atoms with Gasteiger partial charge in [0.15, 0.2) is 0 Å². The number of hydrogen-bond donors (Lipinski definition) is 2. The van der Waals surface area contributed by atoms with E-state index in [0.717, 1.165) is 11.1 Å². The standard InChI is InChI=1S/C20H20O3S/c21-11-16-9-15(22)10-19(23-16)14-5-3-4-13(8-14)18-12-24-20-7-2-1-6-17(18)20/h1-8,12,15-16,19,21-22H,9-11H2/t15?,16?,19-/m1/s1. The Morgan fingerprint density at radius 3 is 2.83 bits per heavy atom. The van der Waals surface area contributed by atoms with Gasteiger partial charge in [-0.3, -0.25) is 0 Å². The van der Waals surface area contributed by atoms with Crippen LogP contribution in [0.3, 0.4) is 0 Å². The third-order valence-electron chi connectivity index (χ3n) is 4.63. The molecule has 4 heteroatoms. The Morgan fingerprint density at radius 2 is 1.96 bits per heavy atom. The van der Waals surface area contributed by atoms with Crippen molar-refractivity contribution in [2.45, 2.75) is 31.2 Å². The fraction of sp³-hybridized carbons (Fsp3) is 0.300. The number of aliphatic hydroxyl groups is 2. The number of benzene rings is 2. The zero-order valence-corrected chi connectivity index (χ0v) is 14.1. The van der Waals surface area contributed by atoms with Crippen molar-refractivity contribution in [2.75, 3.05) is 6.61 Å². The molecule has 3 nitrogen and oxygen atoms in total. The minimum absolute atomic E-state index is 0.0532. The van der Waals surface area contributed by atoms with Crippen molar-refractivity contribution in [3.8, 4) is 11.1 Å². The van der Waals surface area contributed by atoms with E-state index in [-0.39, 0.29) is 18.8 Å². The average Bonchev–Trinajstić information content (AvgIpc) is 3.05. The molecule has 2 aromatic carbocycles. The molecule has 0 spiro atoms. The maximum absolute atomic E-state index is 10.0. The lowest BCUT2D eigenvalue weighted by Crippen LogP contribution is -2.33. The van der Waals surface area contributed by atoms with Gasteiger partial charge in [-0.05, 0) is 28.6 Å². The van der Waals surface area contributed by atoms with Gasteiger partial charge in [0.05, 0.1) is 24.9 Å². The summed E-state index contributed by atoms with van der Waals surface area (Å²) < 4.78 is 7.22. The Kier molecular flexibility index (Phi) is 4.37. The van der Waals surface area contributed by atoms with Gasteiger partial charge in [-0.25, -0.2) is 0 Å². The van der Waals surface area contributed by atoms with Crippen LogP contribution in [0.25, 0.3) is 21.2 Å². The zero-order valence-electron chi connectivity index (χ0n) is 13.3. The molecule has 4 rings (SSSR count). The van der Waals surface area contributed by atoms with Crippen molar-refractivity contribution in [1.82, 2.24) is 0 Å². The van der Waals surface area contributed by atoms with Crippen molar-refractivity contribution >= 4 is 21.4 Å². The van der Waals surface area contributed by atoms with Gasteiger partial charge < -0.3 is 14.9 Å². The van der Waals surface area contributed by atoms with Gasteiger partial charge in [-0.2, -0.15) is 0 Å². The highest BCUT2D eigenvalue weighted by Gasteiger charge is 2.29. The molecule has 1 saturated heterocycles. The fourth-order valence-electron chi connectivity index (χ4n) is 3.43. The lowest BCUT2D eigenvalue weighted by atomic mass is 9.94. The van der Waals surface area contributed by atoms with E-state index in [2.05, 4.69) is 41.8 Å². The van der Waals surface area contributed by atoms with Crippen molar-refractivity contribution in [3.63, 3.8) is 0 Å². The summed E-state index contributed by atoms with van der Waals surface area (Å²) in [6, 6.07) is 16.7. The molecule has 1 fully saturated rings. The minimum Gasteiger partial charge on any atom is -0.394 e. The van der Waals surface area contributed by atoms with Crippen LogP contribution in [0.2, 0.25) is 0 Å². The predicted octanol–water partition coefficient (Wildman–Crippen LogP) is 4.14. The van der Waals surface area contributed by atoms with Gasteiger partial charge >= 0.3 is 0 Å². The van der Waals surface area contributed by atoms with Gasteiger partial charge in [0, 0.05) is 28.5 Å². The Labute approximate surface area is 145 Å². The smallest absolute Gasteiger partial charge is 0.0854 e. The molecule has 124 valence electrons. The van der Waals surface area contributed by atoms with Crippen molar-refractivity contribution in [3.05, 3.63) is 59.5 Å². The molecule has 1 aromatic heterocycles. The van der Waals surface area contributed by atoms with Gasteiger partial charge in [-0.1, -0.05) is 36.4 Å². The number of aliphatic hydroxyl groups excluding tert-OH is 2. The third-order valence-corrected chi connectivity index (χ3v) is 5.60. The quantitative estimate of drug-likeness (QED) is 0.753. The SMILES string of the molecule is OCC1CC(O)C[C@H](c2cccc(-c3csc4ccccc34)c2)O1. The molecule has 1 aliphatic rings.